The van der Waals surface area contributed by atoms with Gasteiger partial charge in [0.1, 0.15) is 11.6 Å². The number of unbranched alkanes of at least 4 members (excludes halogenated alkanes) is 1. The van der Waals surface area contributed by atoms with Crippen molar-refractivity contribution in [3.63, 3.8) is 0 Å². The molecule has 31 heavy (non-hydrogen) atoms. The maximum atomic E-state index is 6.70. The van der Waals surface area contributed by atoms with E-state index in [0.29, 0.717) is 11.6 Å². The van der Waals surface area contributed by atoms with Crippen LogP contribution in [0.25, 0.3) is 22.4 Å². The molecule has 1 fully saturated rings. The van der Waals surface area contributed by atoms with Gasteiger partial charge in [-0.15, -0.1) is 0 Å². The predicted molar refractivity (Wildman–Crippen MR) is 129 cm³/mol. The van der Waals surface area contributed by atoms with Crippen LogP contribution in [0.4, 0.5) is 0 Å². The predicted octanol–water partition coefficient (Wildman–Crippen LogP) is 5.17. The number of benzene rings is 2. The maximum Gasteiger partial charge on any atom is 0.142 e. The Morgan fingerprint density at radius 3 is 2.58 bits per heavy atom. The first-order valence-corrected chi connectivity index (χ1v) is 11.8. The van der Waals surface area contributed by atoms with Crippen LogP contribution in [0.3, 0.4) is 0 Å². The number of hydrogen-bond acceptors (Lipinski definition) is 4. The smallest absolute Gasteiger partial charge is 0.142 e. The summed E-state index contributed by atoms with van der Waals surface area (Å²) in [5.41, 5.74) is 3.12. The molecule has 2 aromatic carbocycles. The van der Waals surface area contributed by atoms with Gasteiger partial charge in [0.15, 0.2) is 0 Å². The van der Waals surface area contributed by atoms with E-state index in [1.807, 2.05) is 24.3 Å². The number of aromatic nitrogens is 2. The Morgan fingerprint density at radius 1 is 1.00 bits per heavy atom. The molecular formula is C25H33ClN4O. The van der Waals surface area contributed by atoms with Gasteiger partial charge in [-0.05, 0) is 50.2 Å². The Hall–Kier alpha value is -2.08. The molecule has 4 rings (SSSR count). The maximum absolute atomic E-state index is 6.70. The van der Waals surface area contributed by atoms with Gasteiger partial charge in [0.25, 0.3) is 0 Å². The average molecular weight is 441 g/mol. The number of imidazole rings is 1. The summed E-state index contributed by atoms with van der Waals surface area (Å²) in [4.78, 5) is 9.78. The van der Waals surface area contributed by atoms with Crippen LogP contribution in [-0.4, -0.2) is 65.7 Å². The lowest BCUT2D eigenvalue weighted by molar-refractivity contribution is 0.145. The van der Waals surface area contributed by atoms with Crippen molar-refractivity contribution < 1.29 is 4.74 Å². The molecule has 1 aliphatic rings. The fourth-order valence-electron chi connectivity index (χ4n) is 4.14. The standard InChI is InChI=1S/C25H33ClN4O/c1-3-4-13-30-24-9-6-5-8-23(24)27-25(30)21-11-10-20(19-22(21)26)31-18-7-12-29-16-14-28(2)15-17-29/h5-6,8-11,19H,3-4,7,12-18H2,1-2H3. The zero-order valence-electron chi connectivity index (χ0n) is 18.7. The van der Waals surface area contributed by atoms with Crippen molar-refractivity contribution in [2.45, 2.75) is 32.7 Å². The van der Waals surface area contributed by atoms with Crippen LogP contribution in [0.15, 0.2) is 42.5 Å². The summed E-state index contributed by atoms with van der Waals surface area (Å²) in [5, 5.41) is 0.685. The number of aryl methyl sites for hydroxylation is 1. The summed E-state index contributed by atoms with van der Waals surface area (Å²) in [6.07, 6.45) is 3.27. The molecule has 5 nitrogen and oxygen atoms in total. The van der Waals surface area contributed by atoms with Gasteiger partial charge in [-0.25, -0.2) is 4.98 Å². The third kappa shape index (κ3) is 5.40. The summed E-state index contributed by atoms with van der Waals surface area (Å²) in [6, 6.07) is 14.3. The topological polar surface area (TPSA) is 33.5 Å². The highest BCUT2D eigenvalue weighted by molar-refractivity contribution is 6.33. The molecule has 0 bridgehead atoms. The Kier molecular flexibility index (Phi) is 7.49. The number of hydrogen-bond donors (Lipinski definition) is 0. The van der Waals surface area contributed by atoms with Crippen molar-refractivity contribution in [1.29, 1.82) is 0 Å². The molecule has 3 aromatic rings. The Balaban J connectivity index is 1.42. The first-order chi connectivity index (χ1) is 15.2. The SMILES string of the molecule is CCCCn1c(-c2ccc(OCCCN3CCN(C)CC3)cc2Cl)nc2ccccc21. The van der Waals surface area contributed by atoms with Crippen LogP contribution in [0.5, 0.6) is 5.75 Å². The fraction of sp³-hybridized carbons (Fsp3) is 0.480. The highest BCUT2D eigenvalue weighted by Crippen LogP contribution is 2.33. The van der Waals surface area contributed by atoms with Crippen molar-refractivity contribution in [2.24, 2.45) is 0 Å². The minimum Gasteiger partial charge on any atom is -0.493 e. The van der Waals surface area contributed by atoms with Crippen LogP contribution in [0, 0.1) is 0 Å². The van der Waals surface area contributed by atoms with Crippen LogP contribution in [0.1, 0.15) is 26.2 Å². The van der Waals surface area contributed by atoms with Crippen LogP contribution in [0.2, 0.25) is 5.02 Å². The van der Waals surface area contributed by atoms with Gasteiger partial charge >= 0.3 is 0 Å². The van der Waals surface area contributed by atoms with Crippen molar-refractivity contribution in [3.8, 4) is 17.1 Å². The Morgan fingerprint density at radius 2 is 1.81 bits per heavy atom. The normalized spacial score (nSPS) is 15.6. The van der Waals surface area contributed by atoms with E-state index in [-0.39, 0.29) is 0 Å². The molecule has 0 saturated carbocycles. The Bertz CT molecular complexity index is 994. The molecular weight excluding hydrogens is 408 g/mol. The average Bonchev–Trinajstić information content (AvgIpc) is 3.15. The van der Waals surface area contributed by atoms with E-state index in [0.717, 1.165) is 86.7 Å². The lowest BCUT2D eigenvalue weighted by Gasteiger charge is -2.32. The zero-order chi connectivity index (χ0) is 21.6. The second-order valence-electron chi connectivity index (χ2n) is 8.42. The van der Waals surface area contributed by atoms with E-state index < -0.39 is 0 Å². The van der Waals surface area contributed by atoms with Gasteiger partial charge in [-0.2, -0.15) is 0 Å². The first-order valence-electron chi connectivity index (χ1n) is 11.4. The third-order valence-electron chi connectivity index (χ3n) is 6.05. The molecule has 0 radical (unpaired) electrons. The zero-order valence-corrected chi connectivity index (χ0v) is 19.4. The van der Waals surface area contributed by atoms with E-state index in [4.69, 9.17) is 21.3 Å². The van der Waals surface area contributed by atoms with E-state index >= 15 is 0 Å². The highest BCUT2D eigenvalue weighted by atomic mass is 35.5. The van der Waals surface area contributed by atoms with Gasteiger partial charge in [0.2, 0.25) is 0 Å². The summed E-state index contributed by atoms with van der Waals surface area (Å²) >= 11 is 6.70. The Labute approximate surface area is 190 Å². The van der Waals surface area contributed by atoms with Gasteiger partial charge in [0, 0.05) is 44.8 Å². The molecule has 0 aliphatic carbocycles. The molecule has 0 spiro atoms. The van der Waals surface area contributed by atoms with Crippen molar-refractivity contribution in [1.82, 2.24) is 19.4 Å². The molecule has 0 atom stereocenters. The number of ether oxygens (including phenoxy) is 1. The molecule has 2 heterocycles. The lowest BCUT2D eigenvalue weighted by atomic mass is 10.2. The molecule has 0 unspecified atom stereocenters. The van der Waals surface area contributed by atoms with Crippen molar-refractivity contribution in [2.75, 3.05) is 46.4 Å². The molecule has 0 N–H and O–H groups in total. The number of piperazine rings is 1. The number of likely N-dealkylation sites (N-methyl/N-ethyl adjacent to an activating group) is 1. The van der Waals surface area contributed by atoms with Gasteiger partial charge in [0.05, 0.1) is 22.7 Å². The monoisotopic (exact) mass is 440 g/mol. The van der Waals surface area contributed by atoms with Gasteiger partial charge in [-0.1, -0.05) is 37.1 Å². The van der Waals surface area contributed by atoms with Crippen LogP contribution < -0.4 is 4.74 Å². The summed E-state index contributed by atoms with van der Waals surface area (Å²) in [5.74, 6) is 1.75. The molecule has 1 aliphatic heterocycles. The van der Waals surface area contributed by atoms with E-state index in [9.17, 15) is 0 Å². The molecule has 1 saturated heterocycles. The minimum absolute atomic E-state index is 0.685. The molecule has 166 valence electrons. The first kappa shape index (κ1) is 22.1. The number of fused-ring (bicyclic) bond motifs is 1. The molecule has 6 heteroatoms. The number of para-hydroxylation sites is 2. The van der Waals surface area contributed by atoms with E-state index in [1.165, 1.54) is 0 Å². The minimum atomic E-state index is 0.685. The van der Waals surface area contributed by atoms with Crippen molar-refractivity contribution in [3.05, 3.63) is 47.5 Å². The second kappa shape index (κ2) is 10.5. The van der Waals surface area contributed by atoms with E-state index in [2.05, 4.69) is 46.5 Å². The fourth-order valence-corrected chi connectivity index (χ4v) is 4.40. The number of halogens is 1. The largest absolute Gasteiger partial charge is 0.493 e. The van der Waals surface area contributed by atoms with Crippen LogP contribution >= 0.6 is 11.6 Å². The van der Waals surface area contributed by atoms with Gasteiger partial charge in [-0.3, -0.25) is 0 Å². The third-order valence-corrected chi connectivity index (χ3v) is 6.37. The lowest BCUT2D eigenvalue weighted by Crippen LogP contribution is -2.44. The number of nitrogens with zero attached hydrogens (tertiary/aromatic N) is 4. The summed E-state index contributed by atoms with van der Waals surface area (Å²) in [6.45, 7) is 9.54. The summed E-state index contributed by atoms with van der Waals surface area (Å²) < 4.78 is 8.28. The van der Waals surface area contributed by atoms with E-state index in [1.54, 1.807) is 0 Å². The van der Waals surface area contributed by atoms with Gasteiger partial charge < -0.3 is 19.1 Å². The molecule has 0 amide bonds. The van der Waals surface area contributed by atoms with Crippen LogP contribution in [-0.2, 0) is 6.54 Å². The number of rotatable bonds is 9. The van der Waals surface area contributed by atoms with Crippen molar-refractivity contribution >= 4 is 22.6 Å². The highest BCUT2D eigenvalue weighted by Gasteiger charge is 2.16. The second-order valence-corrected chi connectivity index (χ2v) is 8.83. The quantitative estimate of drug-likeness (QED) is 0.429. The molecule has 1 aromatic heterocycles. The summed E-state index contributed by atoms with van der Waals surface area (Å²) in [7, 11) is 2.19.